The molecule has 8 nitrogen and oxygen atoms in total. The number of hydrogen-bond acceptors (Lipinski definition) is 7. The van der Waals surface area contributed by atoms with Crippen molar-refractivity contribution in [2.24, 2.45) is 5.92 Å². The lowest BCUT2D eigenvalue weighted by Crippen LogP contribution is -2.20. The molecular formula is C17H18N4O4S2. The number of carbonyl (C=O) groups excluding carboxylic acids is 2. The molecule has 2 aromatic rings. The van der Waals surface area contributed by atoms with Gasteiger partial charge in [0.1, 0.15) is 5.69 Å². The number of aromatic nitrogens is 2. The highest BCUT2D eigenvalue weighted by atomic mass is 32.2. The van der Waals surface area contributed by atoms with E-state index >= 15 is 0 Å². The summed E-state index contributed by atoms with van der Waals surface area (Å²) in [4.78, 5) is 43.8. The lowest BCUT2D eigenvalue weighted by atomic mass is 9.99. The third kappa shape index (κ3) is 4.64. The molecule has 0 saturated heterocycles. The summed E-state index contributed by atoms with van der Waals surface area (Å²) in [5.41, 5.74) is 0.687. The SMILES string of the molecule is CSc1sc(NC(=O)Nc2ccnc(C(=O)C3CCCC3)c2)nc1C(=O)O. The maximum atomic E-state index is 12.5. The first kappa shape index (κ1) is 19.3. The van der Waals surface area contributed by atoms with Crippen molar-refractivity contribution in [3.63, 3.8) is 0 Å². The van der Waals surface area contributed by atoms with Crippen LogP contribution in [0.5, 0.6) is 0 Å². The number of amides is 2. The Morgan fingerprint density at radius 1 is 1.26 bits per heavy atom. The second-order valence-electron chi connectivity index (χ2n) is 6.02. The monoisotopic (exact) mass is 406 g/mol. The van der Waals surface area contributed by atoms with E-state index in [0.717, 1.165) is 37.0 Å². The van der Waals surface area contributed by atoms with Gasteiger partial charge in [-0.25, -0.2) is 14.6 Å². The van der Waals surface area contributed by atoms with Crippen LogP contribution in [-0.2, 0) is 0 Å². The Hall–Kier alpha value is -2.46. The second kappa shape index (κ2) is 8.49. The third-order valence-electron chi connectivity index (χ3n) is 4.20. The van der Waals surface area contributed by atoms with Crippen molar-refractivity contribution in [1.29, 1.82) is 0 Å². The van der Waals surface area contributed by atoms with Crippen LogP contribution in [0.2, 0.25) is 0 Å². The van der Waals surface area contributed by atoms with Gasteiger partial charge in [0.15, 0.2) is 16.6 Å². The number of carboxylic acids is 1. The highest BCUT2D eigenvalue weighted by Crippen LogP contribution is 2.31. The van der Waals surface area contributed by atoms with Crippen molar-refractivity contribution in [1.82, 2.24) is 9.97 Å². The molecule has 1 aliphatic rings. The van der Waals surface area contributed by atoms with Gasteiger partial charge >= 0.3 is 12.0 Å². The molecule has 0 radical (unpaired) electrons. The molecule has 1 fully saturated rings. The van der Waals surface area contributed by atoms with Crippen LogP contribution in [0.4, 0.5) is 15.6 Å². The van der Waals surface area contributed by atoms with Crippen molar-refractivity contribution in [2.75, 3.05) is 16.9 Å². The summed E-state index contributed by atoms with van der Waals surface area (Å²) in [6, 6.07) is 2.57. The summed E-state index contributed by atoms with van der Waals surface area (Å²) in [6.45, 7) is 0. The van der Waals surface area contributed by atoms with E-state index in [-0.39, 0.29) is 22.5 Å². The number of anilines is 2. The lowest BCUT2D eigenvalue weighted by Gasteiger charge is -2.09. The van der Waals surface area contributed by atoms with E-state index in [1.165, 1.54) is 18.0 Å². The van der Waals surface area contributed by atoms with Crippen LogP contribution < -0.4 is 10.6 Å². The number of rotatable bonds is 6. The van der Waals surface area contributed by atoms with Gasteiger partial charge in [-0.05, 0) is 31.2 Å². The molecular weight excluding hydrogens is 388 g/mol. The molecule has 142 valence electrons. The predicted octanol–water partition coefficient (Wildman–Crippen LogP) is 3.98. The number of carboxylic acid groups (broad SMARTS) is 1. The van der Waals surface area contributed by atoms with E-state index in [0.29, 0.717) is 15.6 Å². The van der Waals surface area contributed by atoms with Crippen LogP contribution in [0, 0.1) is 5.92 Å². The largest absolute Gasteiger partial charge is 0.476 e. The van der Waals surface area contributed by atoms with E-state index in [2.05, 4.69) is 20.6 Å². The van der Waals surface area contributed by atoms with Crippen LogP contribution in [-0.4, -0.2) is 39.1 Å². The zero-order chi connectivity index (χ0) is 19.4. The van der Waals surface area contributed by atoms with Crippen LogP contribution in [0.25, 0.3) is 0 Å². The smallest absolute Gasteiger partial charge is 0.356 e. The van der Waals surface area contributed by atoms with Gasteiger partial charge < -0.3 is 10.4 Å². The van der Waals surface area contributed by atoms with Gasteiger partial charge in [-0.3, -0.25) is 15.1 Å². The van der Waals surface area contributed by atoms with Crippen molar-refractivity contribution in [3.8, 4) is 0 Å². The molecule has 0 spiro atoms. The highest BCUT2D eigenvalue weighted by molar-refractivity contribution is 8.00. The molecule has 3 N–H and O–H groups in total. The van der Waals surface area contributed by atoms with Gasteiger partial charge in [0.25, 0.3) is 0 Å². The minimum Gasteiger partial charge on any atom is -0.476 e. The highest BCUT2D eigenvalue weighted by Gasteiger charge is 2.25. The summed E-state index contributed by atoms with van der Waals surface area (Å²) >= 11 is 2.33. The fourth-order valence-corrected chi connectivity index (χ4v) is 4.52. The minimum atomic E-state index is -1.15. The first-order valence-electron chi connectivity index (χ1n) is 8.34. The van der Waals surface area contributed by atoms with E-state index in [1.807, 2.05) is 0 Å². The van der Waals surface area contributed by atoms with Gasteiger partial charge in [0.2, 0.25) is 0 Å². The third-order valence-corrected chi connectivity index (χ3v) is 6.28. The number of ketones is 1. The molecule has 1 aliphatic carbocycles. The maximum absolute atomic E-state index is 12.5. The normalized spacial score (nSPS) is 14.1. The Balaban J connectivity index is 1.67. The van der Waals surface area contributed by atoms with Crippen LogP contribution in [0.1, 0.15) is 46.7 Å². The molecule has 2 aromatic heterocycles. The van der Waals surface area contributed by atoms with E-state index in [4.69, 9.17) is 5.11 Å². The van der Waals surface area contributed by atoms with Gasteiger partial charge in [-0.1, -0.05) is 24.2 Å². The molecule has 3 rings (SSSR count). The number of aromatic carboxylic acids is 1. The van der Waals surface area contributed by atoms with Crippen LogP contribution in [0.15, 0.2) is 22.5 Å². The van der Waals surface area contributed by atoms with Crippen molar-refractivity contribution >= 4 is 51.7 Å². The molecule has 0 atom stereocenters. The summed E-state index contributed by atoms with van der Waals surface area (Å²) in [6.07, 6.45) is 7.10. The number of carbonyl (C=O) groups is 3. The topological polar surface area (TPSA) is 121 Å². The van der Waals surface area contributed by atoms with Gasteiger partial charge in [0.05, 0.1) is 4.21 Å². The van der Waals surface area contributed by atoms with Crippen molar-refractivity contribution in [3.05, 3.63) is 29.7 Å². The number of thiazole rings is 1. The number of pyridine rings is 1. The number of urea groups is 1. The van der Waals surface area contributed by atoms with Crippen molar-refractivity contribution in [2.45, 2.75) is 29.9 Å². The fraction of sp³-hybridized carbons (Fsp3) is 0.353. The predicted molar refractivity (Wildman–Crippen MR) is 104 cm³/mol. The summed E-state index contributed by atoms with van der Waals surface area (Å²) in [5, 5.41) is 14.4. The first-order chi connectivity index (χ1) is 13.0. The molecule has 0 unspecified atom stereocenters. The second-order valence-corrected chi connectivity index (χ2v) is 8.09. The Kier molecular flexibility index (Phi) is 6.07. The van der Waals surface area contributed by atoms with Crippen molar-refractivity contribution < 1.29 is 19.5 Å². The number of thioether (sulfide) groups is 1. The number of hydrogen-bond donors (Lipinski definition) is 3. The standard InChI is InChI=1S/C17H18N4O4S2/c1-26-15-12(14(23)24)20-17(27-15)21-16(25)19-10-6-7-18-11(8-10)13(22)9-4-2-3-5-9/h6-9H,2-5H2,1H3,(H,23,24)(H2,18,19,20,21,25). The van der Waals surface area contributed by atoms with E-state index in [9.17, 15) is 14.4 Å². The quantitative estimate of drug-likeness (QED) is 0.490. The van der Waals surface area contributed by atoms with Crippen LogP contribution >= 0.6 is 23.1 Å². The zero-order valence-corrected chi connectivity index (χ0v) is 16.2. The lowest BCUT2D eigenvalue weighted by molar-refractivity contribution is 0.0687. The van der Waals surface area contributed by atoms with Gasteiger partial charge in [-0.15, -0.1) is 11.8 Å². The fourth-order valence-electron chi connectivity index (χ4n) is 2.93. The molecule has 2 heterocycles. The first-order valence-corrected chi connectivity index (χ1v) is 10.4. The molecule has 2 amide bonds. The molecule has 0 aromatic carbocycles. The zero-order valence-electron chi connectivity index (χ0n) is 14.5. The van der Waals surface area contributed by atoms with Gasteiger partial charge in [0, 0.05) is 17.8 Å². The van der Waals surface area contributed by atoms with Crippen LogP contribution in [0.3, 0.4) is 0 Å². The summed E-state index contributed by atoms with van der Waals surface area (Å²) in [7, 11) is 0. The molecule has 1 saturated carbocycles. The summed E-state index contributed by atoms with van der Waals surface area (Å²) < 4.78 is 0.506. The van der Waals surface area contributed by atoms with E-state index in [1.54, 1.807) is 18.4 Å². The number of Topliss-reactive ketones (excluding diaryl/α,β-unsaturated/α-hetero) is 1. The molecule has 10 heteroatoms. The maximum Gasteiger partial charge on any atom is 0.356 e. The van der Waals surface area contributed by atoms with Gasteiger partial charge in [-0.2, -0.15) is 0 Å². The Bertz CT molecular complexity index is 878. The molecule has 27 heavy (non-hydrogen) atoms. The average Bonchev–Trinajstić information content (AvgIpc) is 3.30. The average molecular weight is 406 g/mol. The van der Waals surface area contributed by atoms with E-state index < -0.39 is 12.0 Å². The minimum absolute atomic E-state index is 0.00666. The Labute approximate surface area is 163 Å². The molecule has 0 bridgehead atoms. The summed E-state index contributed by atoms with van der Waals surface area (Å²) in [5.74, 6) is -1.13. The Morgan fingerprint density at radius 3 is 2.63 bits per heavy atom. The number of nitrogens with one attached hydrogen (secondary N) is 2. The molecule has 0 aliphatic heterocycles. The Morgan fingerprint density at radius 2 is 2.00 bits per heavy atom. The number of nitrogens with zero attached hydrogens (tertiary/aromatic N) is 2.